The van der Waals surface area contributed by atoms with Crippen LogP contribution in [0.25, 0.3) is 11.3 Å². The fourth-order valence-electron chi connectivity index (χ4n) is 13.8. The van der Waals surface area contributed by atoms with E-state index >= 15 is 44.7 Å². The smallest absolute Gasteiger partial charge is 0.480 e. The van der Waals surface area contributed by atoms with Crippen LogP contribution in [0.4, 0.5) is 59.4 Å². The number of hydrogen-bond donors (Lipinski definition) is 7. The molecule has 9 rings (SSSR count). The maximum atomic E-state index is 16.9. The molecule has 7 atom stereocenters. The molecule has 0 aliphatic carbocycles. The summed E-state index contributed by atoms with van der Waals surface area (Å²) in [6.45, 7) is 2.78. The summed E-state index contributed by atoms with van der Waals surface area (Å²) in [5.74, 6) is -4.49. The molecule has 4 aliphatic rings. The third kappa shape index (κ3) is 20.1. The Morgan fingerprint density at radius 2 is 1.34 bits per heavy atom. The lowest BCUT2D eigenvalue weighted by Crippen LogP contribution is -2.64. The average molecular weight is 1580 g/mol. The van der Waals surface area contributed by atoms with Gasteiger partial charge in [0.15, 0.2) is 0 Å². The molecule has 598 valence electrons. The van der Waals surface area contributed by atoms with Crippen LogP contribution in [0.15, 0.2) is 73.2 Å². The van der Waals surface area contributed by atoms with Crippen molar-refractivity contribution in [2.75, 3.05) is 58.5 Å². The number of alkyl halides is 8. The number of nitrogens with one attached hydrogen (secondary N) is 4. The number of phosphoric acid groups is 1. The third-order valence-corrected chi connectivity index (χ3v) is 20.4. The molecule has 4 saturated heterocycles. The molecule has 3 aromatic carbocycles. The van der Waals surface area contributed by atoms with Gasteiger partial charge in [-0.3, -0.25) is 39.3 Å². The second-order valence-electron chi connectivity index (χ2n) is 29.0. The molecule has 0 spiro atoms. The topological polar surface area (TPSA) is 348 Å². The molecular weight excluding hydrogens is 1500 g/mol. The minimum absolute atomic E-state index is 0.0228. The molecule has 4 aliphatic heterocycles. The van der Waals surface area contributed by atoms with Gasteiger partial charge in [0.25, 0.3) is 5.91 Å². The van der Waals surface area contributed by atoms with Gasteiger partial charge in [0, 0.05) is 84.5 Å². The number of hydrazine groups is 1. The van der Waals surface area contributed by atoms with Crippen LogP contribution in [-0.2, 0) is 72.3 Å². The van der Waals surface area contributed by atoms with Crippen molar-refractivity contribution in [1.29, 1.82) is 0 Å². The van der Waals surface area contributed by atoms with Crippen molar-refractivity contribution in [2.45, 2.75) is 173 Å². The first-order valence-electron chi connectivity index (χ1n) is 34.5. The lowest BCUT2D eigenvalue weighted by Gasteiger charge is -2.47. The van der Waals surface area contributed by atoms with Crippen molar-refractivity contribution >= 4 is 55.6 Å². The van der Waals surface area contributed by atoms with E-state index in [0.29, 0.717) is 106 Å². The minimum Gasteiger partial charge on any atom is -0.480 e. The van der Waals surface area contributed by atoms with Crippen LogP contribution in [0.3, 0.4) is 0 Å². The zero-order chi connectivity index (χ0) is 80.9. The van der Waals surface area contributed by atoms with E-state index in [1.54, 1.807) is 5.32 Å². The number of aromatic nitrogens is 4. The molecule has 0 radical (unpaired) electrons. The highest BCUT2D eigenvalue weighted by Gasteiger charge is 2.58. The molecule has 5 aromatic rings. The summed E-state index contributed by atoms with van der Waals surface area (Å²) in [5, 5.41) is 20.1. The van der Waals surface area contributed by atoms with Crippen LogP contribution in [0.2, 0.25) is 0 Å². The number of phosphoric ester groups is 1. The van der Waals surface area contributed by atoms with E-state index in [9.17, 15) is 52.2 Å². The second-order valence-corrected chi connectivity index (χ2v) is 30.2. The number of ether oxygens (including phenoxy) is 4. The zero-order valence-electron chi connectivity index (χ0n) is 61.0. The first kappa shape index (κ1) is 84.4. The Kier molecular flexibility index (Phi) is 26.0. The van der Waals surface area contributed by atoms with E-state index in [1.165, 1.54) is 63.5 Å². The summed E-state index contributed by atoms with van der Waals surface area (Å²) in [6.07, 6.45) is -12.6. The third-order valence-electron chi connectivity index (χ3n) is 19.9. The van der Waals surface area contributed by atoms with E-state index in [1.807, 2.05) is 5.32 Å². The van der Waals surface area contributed by atoms with E-state index in [4.69, 9.17) is 14.0 Å². The number of rotatable bonds is 28. The lowest BCUT2D eigenvalue weighted by atomic mass is 9.77. The summed E-state index contributed by atoms with van der Waals surface area (Å²) < 4.78 is 191. The van der Waals surface area contributed by atoms with Crippen LogP contribution >= 0.6 is 7.82 Å². The van der Waals surface area contributed by atoms with Crippen molar-refractivity contribution in [3.05, 3.63) is 124 Å². The number of hydrogen-bond acceptors (Lipinski definition) is 19. The maximum Gasteiger partial charge on any atom is 0.524 e. The van der Waals surface area contributed by atoms with Crippen LogP contribution in [-0.4, -0.2) is 206 Å². The number of esters is 1. The van der Waals surface area contributed by atoms with E-state index in [0.717, 1.165) is 50.3 Å². The molecule has 7 N–H and O–H groups in total. The molecule has 4 fully saturated rings. The number of aryl methyl sites for hydroxylation is 1. The first-order chi connectivity index (χ1) is 51.4. The first-order valence-corrected chi connectivity index (χ1v) is 36.0. The number of methoxy groups -OCH3 is 2. The Hall–Kier alpha value is -9.67. The molecular formula is C71H83F10N12O16P. The molecule has 39 heteroatoms. The fraction of sp³-hybridized carbons (Fsp3) is 0.521. The number of fused-ring (bicyclic) bond motifs is 2. The highest BCUT2D eigenvalue weighted by Crippen LogP contribution is 2.47. The predicted molar refractivity (Wildman–Crippen MR) is 369 cm³/mol. The normalized spacial score (nSPS) is 18.3. The maximum absolute atomic E-state index is 16.9. The fourth-order valence-corrected chi connectivity index (χ4v) is 14.2. The van der Waals surface area contributed by atoms with Gasteiger partial charge < -0.3 is 54.3 Å². The Labute approximate surface area is 624 Å². The van der Waals surface area contributed by atoms with Crippen molar-refractivity contribution in [2.24, 2.45) is 10.8 Å². The van der Waals surface area contributed by atoms with Gasteiger partial charge in [-0.2, -0.15) is 40.2 Å². The van der Waals surface area contributed by atoms with Crippen molar-refractivity contribution in [3.8, 4) is 28.8 Å². The zero-order valence-corrected chi connectivity index (χ0v) is 61.9. The Morgan fingerprint density at radius 1 is 0.764 bits per heavy atom. The lowest BCUT2D eigenvalue weighted by molar-refractivity contribution is -0.221. The summed E-state index contributed by atoms with van der Waals surface area (Å²) in [4.78, 5) is 133. The van der Waals surface area contributed by atoms with Gasteiger partial charge in [-0.05, 0) is 120 Å². The van der Waals surface area contributed by atoms with Gasteiger partial charge in [-0.25, -0.2) is 47.4 Å². The minimum atomic E-state index is -5.58. The Morgan fingerprint density at radius 3 is 1.85 bits per heavy atom. The van der Waals surface area contributed by atoms with Crippen molar-refractivity contribution in [1.82, 2.24) is 55.9 Å². The number of carboxylic acids is 1. The van der Waals surface area contributed by atoms with Crippen molar-refractivity contribution < 1.29 is 120 Å². The number of nitrogens with zero attached hydrogens (tertiary/aromatic N) is 8. The van der Waals surface area contributed by atoms with Gasteiger partial charge >= 0.3 is 50.8 Å². The Balaban J connectivity index is 1.17. The summed E-state index contributed by atoms with van der Waals surface area (Å²) in [6, 6.07) is 2.45. The SMILES string of the molecule is COC(=O)N[C@H](C(=O)N[C@@H](Cc1ccc(C#Cc2cnc(N3CC4CCC(C3)N4C3COC3)nc2)cc1)[C@H](CN(Cc1c(F)cc(-c2ccn(C(F)F)n2)cc1F)NC(=O)[C@@H](NC(=O)OC)C(C)(C)C(F)(F)F)OC(=O)CC(C)(C)c1c(CC(=O)N2CCC[C@@H]2C(=O)O)cc(C)cc1OP(=O)(O)O)C(C)(C)C(F)(F)F. The molecule has 110 heavy (non-hydrogen) atoms. The van der Waals surface area contributed by atoms with E-state index < -0.39 is 182 Å². The van der Waals surface area contributed by atoms with Gasteiger partial charge in [-0.15, -0.1) is 0 Å². The number of halogens is 10. The molecule has 2 unspecified atom stereocenters. The van der Waals surface area contributed by atoms with E-state index in [-0.39, 0.29) is 46.3 Å². The van der Waals surface area contributed by atoms with Gasteiger partial charge in [0.2, 0.25) is 17.8 Å². The number of carbonyl (C=O) groups excluding carboxylic acids is 6. The van der Waals surface area contributed by atoms with Crippen LogP contribution < -0.4 is 30.8 Å². The number of alkyl carbamates (subject to hydrolysis) is 2. The largest absolute Gasteiger partial charge is 0.524 e. The molecule has 28 nitrogen and oxygen atoms in total. The molecule has 0 saturated carbocycles. The molecule has 2 aromatic heterocycles. The van der Waals surface area contributed by atoms with Crippen LogP contribution in [0.5, 0.6) is 5.75 Å². The van der Waals surface area contributed by atoms with Crippen LogP contribution in [0.1, 0.15) is 119 Å². The highest BCUT2D eigenvalue weighted by atomic mass is 31.2. The van der Waals surface area contributed by atoms with E-state index in [2.05, 4.69) is 56.9 Å². The number of piperazine rings is 1. The predicted octanol–water partition coefficient (Wildman–Crippen LogP) is 8.33. The van der Waals surface area contributed by atoms with Crippen molar-refractivity contribution in [3.63, 3.8) is 0 Å². The average Bonchev–Trinajstić information content (AvgIpc) is 1.37. The number of benzene rings is 3. The summed E-state index contributed by atoms with van der Waals surface area (Å²) >= 11 is 0. The van der Waals surface area contributed by atoms with Gasteiger partial charge in [-0.1, -0.05) is 43.9 Å². The number of carboxylic acid groups (broad SMARTS) is 1. The molecule has 5 amide bonds. The van der Waals surface area contributed by atoms with Crippen LogP contribution in [0, 0.1) is 41.2 Å². The number of anilines is 1. The highest BCUT2D eigenvalue weighted by molar-refractivity contribution is 7.46. The number of likely N-dealkylation sites (tertiary alicyclic amines) is 1. The summed E-state index contributed by atoms with van der Waals surface area (Å²) in [7, 11) is -4.10. The quantitative estimate of drug-likeness (QED) is 0.00617. The monoisotopic (exact) mass is 1580 g/mol. The number of amides is 5. The molecule has 6 heterocycles. The number of aliphatic carboxylic acids is 1. The number of carbonyl (C=O) groups is 7. The van der Waals surface area contributed by atoms with Gasteiger partial charge in [0.1, 0.15) is 41.6 Å². The van der Waals surface area contributed by atoms with Gasteiger partial charge in [0.05, 0.1) is 81.0 Å². The Bertz CT molecular complexity index is 4300. The summed E-state index contributed by atoms with van der Waals surface area (Å²) in [5.41, 5.74) is -7.77. The standard InChI is InChI=1S/C71H83F10N12O16P/c1-38-23-43(28-55(94)91-21-10-11-52(91)62(98)99)57(53(24-38)109-110(102,103)104)67(2,3)29-56(95)108-54(35-90(88-61(97)59(86-66(101)106-9)69(6,7)71(79,80)81)34-47-48(72)26-42(27-49(47)73)50-20-22-92(87-50)63(74)75)51(84-60(96)58(85-65(100)105-8)68(4,5)70(76,77)78)25-40-15-12-39(13-16-40)14-17-41-30-82-64(83-31-41)89-32-44-18-19-45(33-89)93(44)46-36-107-37-46/h12-13,15-16,20,22-24,26-27,30-31,44-46,51-52,54,58-59,63H,10-11,18-19,21,25,28-29,32-37H2,1-9H3,(H,84,96)(H,85,100)(H,86,101)(H,88,97)(H,98,99)(H2,102,103,104)/t44?,45?,51-,52+,54-,58+,59+/m0/s1. The molecule has 2 bridgehead atoms. The second kappa shape index (κ2) is 33.9.